The summed E-state index contributed by atoms with van der Waals surface area (Å²) in [5.74, 6) is 0.407. The Hall–Kier alpha value is -4.11. The summed E-state index contributed by atoms with van der Waals surface area (Å²) in [4.78, 5) is 18.3. The van der Waals surface area contributed by atoms with Gasteiger partial charge in [0.1, 0.15) is 28.8 Å². The minimum atomic E-state index is -4.54. The van der Waals surface area contributed by atoms with Gasteiger partial charge in [0.2, 0.25) is 5.91 Å². The molecule has 13 heteroatoms. The Bertz CT molecular complexity index is 1590. The summed E-state index contributed by atoms with van der Waals surface area (Å²) in [6, 6.07) is 8.98. The summed E-state index contributed by atoms with van der Waals surface area (Å²) in [5, 5.41) is 19.4. The van der Waals surface area contributed by atoms with Crippen molar-refractivity contribution in [2.75, 3.05) is 4.90 Å². The molecular formula is C26H24ClF3N8O. The molecule has 0 fully saturated rings. The fourth-order valence-corrected chi connectivity index (χ4v) is 4.91. The molecule has 3 aromatic heterocycles. The van der Waals surface area contributed by atoms with Gasteiger partial charge in [-0.05, 0) is 26.3 Å². The van der Waals surface area contributed by atoms with Crippen molar-refractivity contribution < 1.29 is 18.0 Å². The molecule has 0 aliphatic carbocycles. The van der Waals surface area contributed by atoms with Crippen LogP contribution in [-0.2, 0) is 30.6 Å². The third kappa shape index (κ3) is 4.67. The molecule has 1 aromatic carbocycles. The fraction of sp³-hybridized carbons (Fsp3) is 0.346. The van der Waals surface area contributed by atoms with E-state index in [0.29, 0.717) is 40.9 Å². The number of halogens is 4. The average Bonchev–Trinajstić information content (AvgIpc) is 3.60. The number of benzene rings is 1. The zero-order chi connectivity index (χ0) is 28.1. The number of fused-ring (bicyclic) bond motifs is 1. The lowest BCUT2D eigenvalue weighted by Gasteiger charge is -2.28. The molecule has 4 heterocycles. The van der Waals surface area contributed by atoms with E-state index in [1.807, 2.05) is 13.8 Å². The van der Waals surface area contributed by atoms with Gasteiger partial charge < -0.3 is 4.57 Å². The van der Waals surface area contributed by atoms with Gasteiger partial charge in [-0.3, -0.25) is 14.4 Å². The Morgan fingerprint density at radius 3 is 2.54 bits per heavy atom. The maximum Gasteiger partial charge on any atom is 0.434 e. The highest BCUT2D eigenvalue weighted by Crippen LogP contribution is 2.38. The van der Waals surface area contributed by atoms with E-state index >= 15 is 0 Å². The molecule has 0 saturated carbocycles. The number of nitrogens with zero attached hydrogens (tertiary/aromatic N) is 8. The van der Waals surface area contributed by atoms with Crippen molar-refractivity contribution >= 4 is 23.3 Å². The number of carbonyl (C=O) groups is 1. The zero-order valence-corrected chi connectivity index (χ0v) is 22.1. The molecule has 0 N–H and O–H groups in total. The smallest absolute Gasteiger partial charge is 0.331 e. The lowest BCUT2D eigenvalue weighted by Crippen LogP contribution is -2.37. The quantitative estimate of drug-likeness (QED) is 0.304. The van der Waals surface area contributed by atoms with E-state index in [9.17, 15) is 23.2 Å². The highest BCUT2D eigenvalue weighted by molar-refractivity contribution is 6.33. The molecule has 9 nitrogen and oxygen atoms in total. The summed E-state index contributed by atoms with van der Waals surface area (Å²) in [6.45, 7) is 6.40. The van der Waals surface area contributed by atoms with Gasteiger partial charge in [0, 0.05) is 30.8 Å². The van der Waals surface area contributed by atoms with Crippen LogP contribution in [-0.4, -0.2) is 35.0 Å². The van der Waals surface area contributed by atoms with Crippen molar-refractivity contribution in [1.29, 1.82) is 5.26 Å². The van der Waals surface area contributed by atoms with E-state index in [4.69, 9.17) is 11.6 Å². The number of aromatic nitrogens is 6. The van der Waals surface area contributed by atoms with Gasteiger partial charge in [-0.2, -0.15) is 28.6 Å². The number of amides is 1. The van der Waals surface area contributed by atoms with Crippen molar-refractivity contribution in [2.24, 2.45) is 0 Å². The largest absolute Gasteiger partial charge is 0.434 e. The molecule has 1 aliphatic heterocycles. The van der Waals surface area contributed by atoms with E-state index < -0.39 is 11.9 Å². The molecule has 39 heavy (non-hydrogen) atoms. The van der Waals surface area contributed by atoms with Crippen LogP contribution in [0.5, 0.6) is 0 Å². The fourth-order valence-electron chi connectivity index (χ4n) is 4.69. The summed E-state index contributed by atoms with van der Waals surface area (Å²) >= 11 is 6.43. The highest BCUT2D eigenvalue weighted by atomic mass is 35.5. The van der Waals surface area contributed by atoms with Crippen LogP contribution in [0.25, 0.3) is 22.8 Å². The molecular weight excluding hydrogens is 533 g/mol. The number of hydrogen-bond donors (Lipinski definition) is 0. The third-order valence-corrected chi connectivity index (χ3v) is 6.83. The van der Waals surface area contributed by atoms with Gasteiger partial charge in [0.25, 0.3) is 0 Å². The topological polar surface area (TPSA) is 97.6 Å². The number of carbonyl (C=O) groups excluding carboxylic acids is 1. The Balaban J connectivity index is 1.50. The number of alkyl halides is 3. The van der Waals surface area contributed by atoms with Crippen LogP contribution in [0.15, 0.2) is 36.7 Å². The molecule has 1 amide bonds. The van der Waals surface area contributed by atoms with E-state index in [1.54, 1.807) is 40.6 Å². The first kappa shape index (κ1) is 26.5. The second kappa shape index (κ2) is 9.89. The summed E-state index contributed by atoms with van der Waals surface area (Å²) in [6.07, 6.45) is -1.85. The molecule has 5 rings (SSSR count). The van der Waals surface area contributed by atoms with Crippen LogP contribution >= 0.6 is 11.6 Å². The Kier molecular flexibility index (Phi) is 6.72. The average molecular weight is 557 g/mol. The molecule has 0 spiro atoms. The minimum Gasteiger partial charge on any atom is -0.331 e. The van der Waals surface area contributed by atoms with Crippen LogP contribution in [0.2, 0.25) is 5.02 Å². The molecule has 202 valence electrons. The first-order valence-electron chi connectivity index (χ1n) is 12.3. The van der Waals surface area contributed by atoms with Gasteiger partial charge in [-0.25, -0.2) is 9.67 Å². The van der Waals surface area contributed by atoms with Crippen molar-refractivity contribution in [3.8, 4) is 28.8 Å². The standard InChI is InChI=1S/C26H24ClF3N8O/c1-4-35-14-20(26(28,29)30)33-24(35)17-7-5-16(6-8-17)13-36-21(39)9-10-37-25(36)18(11-31)22(34-37)23-19(27)12-32-38(23)15(2)3/h5-8,12,14-15H,4,9-10,13H2,1-3H3. The van der Waals surface area contributed by atoms with Crippen molar-refractivity contribution in [2.45, 2.75) is 59.0 Å². The van der Waals surface area contributed by atoms with Gasteiger partial charge >= 0.3 is 6.18 Å². The van der Waals surface area contributed by atoms with Crippen LogP contribution in [0.3, 0.4) is 0 Å². The second-order valence-electron chi connectivity index (χ2n) is 9.42. The first-order valence-corrected chi connectivity index (χ1v) is 12.7. The van der Waals surface area contributed by atoms with E-state index in [-0.39, 0.29) is 36.3 Å². The zero-order valence-electron chi connectivity index (χ0n) is 21.4. The summed E-state index contributed by atoms with van der Waals surface area (Å²) < 4.78 is 44.4. The van der Waals surface area contributed by atoms with Crippen molar-refractivity contribution in [3.63, 3.8) is 0 Å². The Morgan fingerprint density at radius 2 is 1.92 bits per heavy atom. The van der Waals surface area contributed by atoms with Gasteiger partial charge in [-0.15, -0.1) is 0 Å². The summed E-state index contributed by atoms with van der Waals surface area (Å²) in [7, 11) is 0. The molecule has 0 atom stereocenters. The second-order valence-corrected chi connectivity index (χ2v) is 9.83. The molecule has 0 unspecified atom stereocenters. The number of anilines is 1. The monoisotopic (exact) mass is 556 g/mol. The van der Waals surface area contributed by atoms with Gasteiger partial charge in [-0.1, -0.05) is 35.9 Å². The maximum absolute atomic E-state index is 13.2. The minimum absolute atomic E-state index is 0.0375. The molecule has 4 aromatic rings. The first-order chi connectivity index (χ1) is 18.5. The van der Waals surface area contributed by atoms with Gasteiger partial charge in [0.15, 0.2) is 11.5 Å². The van der Waals surface area contributed by atoms with Crippen molar-refractivity contribution in [3.05, 3.63) is 58.5 Å². The summed E-state index contributed by atoms with van der Waals surface area (Å²) in [5.41, 5.74) is 1.37. The number of aryl methyl sites for hydroxylation is 2. The molecule has 1 aliphatic rings. The number of nitriles is 1. The third-order valence-electron chi connectivity index (χ3n) is 6.56. The van der Waals surface area contributed by atoms with Gasteiger partial charge in [0.05, 0.1) is 24.3 Å². The maximum atomic E-state index is 13.2. The number of hydrogen-bond acceptors (Lipinski definition) is 5. The molecule has 0 radical (unpaired) electrons. The van der Waals surface area contributed by atoms with Crippen LogP contribution < -0.4 is 4.90 Å². The Morgan fingerprint density at radius 1 is 1.21 bits per heavy atom. The number of imidazole rings is 1. The van der Waals surface area contributed by atoms with Crippen LogP contribution in [0.1, 0.15) is 50.1 Å². The van der Waals surface area contributed by atoms with E-state index in [2.05, 4.69) is 21.3 Å². The van der Waals surface area contributed by atoms with Crippen molar-refractivity contribution in [1.82, 2.24) is 29.1 Å². The predicted molar refractivity (Wildman–Crippen MR) is 138 cm³/mol. The lowest BCUT2D eigenvalue weighted by atomic mass is 10.1. The highest BCUT2D eigenvalue weighted by Gasteiger charge is 2.35. The SMILES string of the molecule is CCn1cc(C(F)(F)F)nc1-c1ccc(CN2C(=O)CCn3nc(-c4c(Cl)cnn4C(C)C)c(C#N)c32)cc1. The van der Waals surface area contributed by atoms with Crippen LogP contribution in [0, 0.1) is 11.3 Å². The normalized spacial score (nSPS) is 13.7. The Labute approximate surface area is 227 Å². The number of rotatable bonds is 6. The predicted octanol–water partition coefficient (Wildman–Crippen LogP) is 5.69. The van der Waals surface area contributed by atoms with E-state index in [0.717, 1.165) is 11.8 Å². The van der Waals surface area contributed by atoms with Crippen LogP contribution in [0.4, 0.5) is 19.0 Å². The van der Waals surface area contributed by atoms with E-state index in [1.165, 1.54) is 15.7 Å². The lowest BCUT2D eigenvalue weighted by molar-refractivity contribution is -0.140. The molecule has 0 bridgehead atoms. The molecule has 0 saturated heterocycles.